The number of likely N-dealkylation sites (tertiary alicyclic amines) is 1. The summed E-state index contributed by atoms with van der Waals surface area (Å²) in [4.78, 5) is 22.1. The van der Waals surface area contributed by atoms with Crippen LogP contribution in [-0.2, 0) is 11.3 Å². The van der Waals surface area contributed by atoms with Crippen LogP contribution in [0.5, 0.6) is 0 Å². The lowest BCUT2D eigenvalue weighted by molar-refractivity contribution is 0.111. The number of likely N-dealkylation sites (N-methyl/N-ethyl adjacent to an activating group) is 1. The van der Waals surface area contributed by atoms with Crippen LogP contribution in [-0.4, -0.2) is 71.0 Å². The Balaban J connectivity index is 0.000000930. The fourth-order valence-corrected chi connectivity index (χ4v) is 3.59. The van der Waals surface area contributed by atoms with Gasteiger partial charge in [-0.05, 0) is 39.6 Å². The highest BCUT2D eigenvalue weighted by molar-refractivity contribution is 7.98. The molecule has 1 unspecified atom stereocenters. The maximum Gasteiger partial charge on any atom is 0.195 e. The normalized spacial score (nSPS) is 15.7. The molecule has 3 rings (SSSR count). The Bertz CT molecular complexity index is 705. The van der Waals surface area contributed by atoms with E-state index < -0.39 is 0 Å². The Morgan fingerprint density at radius 2 is 1.82 bits per heavy atom. The average molecular weight is 412 g/mol. The molecule has 0 spiro atoms. The molecule has 0 aliphatic carbocycles. The molecule has 1 fully saturated rings. The third-order valence-electron chi connectivity index (χ3n) is 4.10. The Kier molecular flexibility index (Phi) is 13.7. The molecule has 0 aromatic carbocycles. The third kappa shape index (κ3) is 6.83. The zero-order chi connectivity index (χ0) is 21.7. The first kappa shape index (κ1) is 26.5. The minimum Gasteiger partial charge on any atom is -0.388 e. The number of carbonyl (C=O) groups excluding carboxylic acids is 1. The molecule has 0 N–H and O–H groups in total. The zero-order valence-electron chi connectivity index (χ0n) is 18.9. The van der Waals surface area contributed by atoms with Gasteiger partial charge in [0.25, 0.3) is 0 Å². The number of hydrogen-bond donors (Lipinski definition) is 0. The Morgan fingerprint density at radius 1 is 1.21 bits per heavy atom. The highest BCUT2D eigenvalue weighted by Gasteiger charge is 2.24. The molecule has 0 bridgehead atoms. The first-order chi connectivity index (χ1) is 13.5. The SMILES string of the molecule is CC.CC.COC.CSc1nc(C=O)nc2c1c(C)nn2CC1CCCN1C. The van der Waals surface area contributed by atoms with Crippen LogP contribution in [0.2, 0.25) is 0 Å². The molecule has 1 saturated heterocycles. The number of carbonyl (C=O) groups is 1. The largest absolute Gasteiger partial charge is 0.388 e. The molecule has 0 amide bonds. The van der Waals surface area contributed by atoms with Crippen LogP contribution in [0.3, 0.4) is 0 Å². The number of aryl methyl sites for hydroxylation is 1. The summed E-state index contributed by atoms with van der Waals surface area (Å²) in [5.74, 6) is 0.229. The van der Waals surface area contributed by atoms with Gasteiger partial charge in [0.2, 0.25) is 0 Å². The lowest BCUT2D eigenvalue weighted by atomic mass is 10.2. The summed E-state index contributed by atoms with van der Waals surface area (Å²) < 4.78 is 6.19. The van der Waals surface area contributed by atoms with Crippen LogP contribution < -0.4 is 0 Å². The van der Waals surface area contributed by atoms with Gasteiger partial charge in [-0.3, -0.25) is 4.79 Å². The number of thioether (sulfide) groups is 1. The quantitative estimate of drug-likeness (QED) is 0.426. The number of rotatable bonds is 4. The summed E-state index contributed by atoms with van der Waals surface area (Å²) in [6.45, 7) is 11.9. The number of fused-ring (bicyclic) bond motifs is 1. The van der Waals surface area contributed by atoms with Crippen molar-refractivity contribution in [2.75, 3.05) is 34.1 Å². The Morgan fingerprint density at radius 3 is 2.29 bits per heavy atom. The van der Waals surface area contributed by atoms with E-state index >= 15 is 0 Å². The minimum atomic E-state index is 0.229. The van der Waals surface area contributed by atoms with Crippen molar-refractivity contribution in [2.45, 2.75) is 65.1 Å². The second kappa shape index (κ2) is 14.5. The van der Waals surface area contributed by atoms with E-state index in [-0.39, 0.29) is 5.82 Å². The number of ether oxygens (including phenoxy) is 1. The van der Waals surface area contributed by atoms with Crippen molar-refractivity contribution >= 4 is 29.1 Å². The first-order valence-electron chi connectivity index (χ1n) is 9.90. The Labute approximate surface area is 174 Å². The van der Waals surface area contributed by atoms with Crippen molar-refractivity contribution in [3.05, 3.63) is 11.5 Å². The van der Waals surface area contributed by atoms with Crippen molar-refractivity contribution in [3.63, 3.8) is 0 Å². The van der Waals surface area contributed by atoms with Crippen LogP contribution in [0.1, 0.15) is 56.8 Å². The minimum absolute atomic E-state index is 0.229. The molecule has 7 nitrogen and oxygen atoms in total. The van der Waals surface area contributed by atoms with Gasteiger partial charge >= 0.3 is 0 Å². The maximum atomic E-state index is 11.1. The lowest BCUT2D eigenvalue weighted by Crippen LogP contribution is -2.29. The summed E-state index contributed by atoms with van der Waals surface area (Å²) >= 11 is 1.52. The smallest absolute Gasteiger partial charge is 0.195 e. The van der Waals surface area contributed by atoms with Gasteiger partial charge < -0.3 is 9.64 Å². The molecule has 1 aliphatic rings. The van der Waals surface area contributed by atoms with Crippen LogP contribution >= 0.6 is 11.8 Å². The fourth-order valence-electron chi connectivity index (χ4n) is 2.96. The molecule has 28 heavy (non-hydrogen) atoms. The van der Waals surface area contributed by atoms with Gasteiger partial charge in [-0.2, -0.15) is 5.10 Å². The van der Waals surface area contributed by atoms with E-state index in [1.165, 1.54) is 24.6 Å². The highest BCUT2D eigenvalue weighted by atomic mass is 32.2. The molecule has 0 saturated carbocycles. The molecule has 160 valence electrons. The van der Waals surface area contributed by atoms with Gasteiger partial charge in [0.1, 0.15) is 5.03 Å². The highest BCUT2D eigenvalue weighted by Crippen LogP contribution is 2.27. The van der Waals surface area contributed by atoms with E-state index in [1.54, 1.807) is 14.2 Å². The van der Waals surface area contributed by atoms with E-state index in [4.69, 9.17) is 0 Å². The van der Waals surface area contributed by atoms with E-state index in [9.17, 15) is 4.79 Å². The second-order valence-corrected chi connectivity index (χ2v) is 6.65. The molecule has 2 aromatic rings. The van der Waals surface area contributed by atoms with Gasteiger partial charge in [-0.25, -0.2) is 14.6 Å². The number of aldehydes is 1. The van der Waals surface area contributed by atoms with Crippen LogP contribution in [0.25, 0.3) is 11.0 Å². The summed E-state index contributed by atoms with van der Waals surface area (Å²) in [6, 6.07) is 0.486. The molecule has 8 heteroatoms. The predicted molar refractivity (Wildman–Crippen MR) is 119 cm³/mol. The van der Waals surface area contributed by atoms with Gasteiger partial charge in [0.05, 0.1) is 17.6 Å². The summed E-state index contributed by atoms with van der Waals surface area (Å²) in [5.41, 5.74) is 1.70. The van der Waals surface area contributed by atoms with Gasteiger partial charge in [-0.1, -0.05) is 27.7 Å². The second-order valence-electron chi connectivity index (χ2n) is 5.86. The number of hydrogen-bond acceptors (Lipinski definition) is 7. The van der Waals surface area contributed by atoms with Gasteiger partial charge in [0.15, 0.2) is 17.8 Å². The topological polar surface area (TPSA) is 73.1 Å². The molecule has 3 heterocycles. The van der Waals surface area contributed by atoms with E-state index in [0.717, 1.165) is 34.8 Å². The summed E-state index contributed by atoms with van der Waals surface area (Å²) in [6.07, 6.45) is 5.06. The molecular weight excluding hydrogens is 374 g/mol. The summed E-state index contributed by atoms with van der Waals surface area (Å²) in [7, 11) is 5.40. The molecule has 2 aromatic heterocycles. The molecular formula is C20H37N5O2S. The van der Waals surface area contributed by atoms with Gasteiger partial charge in [0, 0.05) is 20.3 Å². The van der Waals surface area contributed by atoms with Crippen LogP contribution in [0.15, 0.2) is 5.03 Å². The number of aromatic nitrogens is 4. The van der Waals surface area contributed by atoms with Crippen molar-refractivity contribution in [1.82, 2.24) is 24.6 Å². The molecule has 1 atom stereocenters. The van der Waals surface area contributed by atoms with Crippen molar-refractivity contribution in [1.29, 1.82) is 0 Å². The fraction of sp³-hybridized carbons (Fsp3) is 0.700. The average Bonchev–Trinajstić information content (AvgIpc) is 3.28. The summed E-state index contributed by atoms with van der Waals surface area (Å²) in [5, 5.41) is 6.42. The van der Waals surface area contributed by atoms with Gasteiger partial charge in [-0.15, -0.1) is 11.8 Å². The van der Waals surface area contributed by atoms with E-state index in [0.29, 0.717) is 12.3 Å². The monoisotopic (exact) mass is 411 g/mol. The molecule has 1 aliphatic heterocycles. The molecule has 0 radical (unpaired) electrons. The Hall–Kier alpha value is -1.51. The third-order valence-corrected chi connectivity index (χ3v) is 4.79. The number of methoxy groups -OCH3 is 1. The van der Waals surface area contributed by atoms with Crippen molar-refractivity contribution in [2.24, 2.45) is 0 Å². The van der Waals surface area contributed by atoms with Crippen LogP contribution in [0.4, 0.5) is 0 Å². The first-order valence-corrected chi connectivity index (χ1v) is 11.1. The zero-order valence-corrected chi connectivity index (χ0v) is 19.8. The van der Waals surface area contributed by atoms with E-state index in [1.807, 2.05) is 45.6 Å². The number of nitrogens with zero attached hydrogens (tertiary/aromatic N) is 5. The van der Waals surface area contributed by atoms with E-state index in [2.05, 4.69) is 31.8 Å². The maximum absolute atomic E-state index is 11.1. The van der Waals surface area contributed by atoms with Crippen LogP contribution in [0, 0.1) is 6.92 Å². The van der Waals surface area contributed by atoms with Crippen molar-refractivity contribution in [3.8, 4) is 0 Å². The lowest BCUT2D eigenvalue weighted by Gasteiger charge is -2.19. The van der Waals surface area contributed by atoms with Crippen molar-refractivity contribution < 1.29 is 9.53 Å². The standard InChI is InChI=1S/C14H19N5OS.C2H6O.2C2H6/c1-9-12-13(15-11(8-20)16-14(12)21-3)19(17-9)7-10-5-4-6-18(10)2;1-3-2;2*1-2/h8,10H,4-7H2,1-3H3;1-2H3;2*1-2H3. The predicted octanol–water partition coefficient (Wildman–Crippen LogP) is 4.08.